The van der Waals surface area contributed by atoms with Gasteiger partial charge in [-0.05, 0) is 12.8 Å². The molecule has 13 heavy (non-hydrogen) atoms. The van der Waals surface area contributed by atoms with Crippen molar-refractivity contribution in [3.05, 3.63) is 12.2 Å². The molecule has 0 spiro atoms. The first kappa shape index (κ1) is 8.69. The number of aromatic nitrogens is 3. The van der Waals surface area contributed by atoms with Crippen molar-refractivity contribution in [1.82, 2.24) is 14.8 Å². The second-order valence-corrected chi connectivity index (χ2v) is 3.50. The number of hydrogen-bond acceptors (Lipinski definition) is 3. The summed E-state index contributed by atoms with van der Waals surface area (Å²) in [6.45, 7) is 1.60. The second kappa shape index (κ2) is 3.87. The lowest BCUT2D eigenvalue weighted by atomic mass is 9.85. The van der Waals surface area contributed by atoms with Gasteiger partial charge in [0.15, 0.2) is 0 Å². The maximum atomic E-state index is 5.03. The van der Waals surface area contributed by atoms with Crippen molar-refractivity contribution in [2.24, 2.45) is 0 Å². The predicted octanol–water partition coefficient (Wildman–Crippen LogP) is 1.19. The molecule has 1 aliphatic rings. The summed E-state index contributed by atoms with van der Waals surface area (Å²) in [6, 6.07) is 0. The van der Waals surface area contributed by atoms with Gasteiger partial charge in [0.1, 0.15) is 12.2 Å². The summed E-state index contributed by atoms with van der Waals surface area (Å²) in [4.78, 5) is 0. The quantitative estimate of drug-likeness (QED) is 0.700. The Balaban J connectivity index is 2.02. The highest BCUT2D eigenvalue weighted by atomic mass is 16.5. The van der Waals surface area contributed by atoms with Crippen LogP contribution in [0.4, 0.5) is 0 Å². The summed E-state index contributed by atoms with van der Waals surface area (Å²) in [5.74, 6) is 1.79. The van der Waals surface area contributed by atoms with Crippen molar-refractivity contribution in [3.63, 3.8) is 0 Å². The van der Waals surface area contributed by atoms with Crippen LogP contribution >= 0.6 is 0 Å². The van der Waals surface area contributed by atoms with E-state index >= 15 is 0 Å². The van der Waals surface area contributed by atoms with Gasteiger partial charge in [0, 0.05) is 19.6 Å². The third-order valence-electron chi connectivity index (χ3n) is 2.65. The molecule has 1 aromatic rings. The van der Waals surface area contributed by atoms with E-state index in [0.717, 1.165) is 19.0 Å². The first-order chi connectivity index (χ1) is 6.42. The fourth-order valence-electron chi connectivity index (χ4n) is 1.61. The first-order valence-electron chi connectivity index (χ1n) is 4.78. The van der Waals surface area contributed by atoms with E-state index in [9.17, 15) is 0 Å². The van der Waals surface area contributed by atoms with E-state index in [-0.39, 0.29) is 0 Å². The van der Waals surface area contributed by atoms with E-state index in [1.54, 1.807) is 13.4 Å². The maximum absolute atomic E-state index is 5.03. The normalized spacial score (nSPS) is 17.3. The highest BCUT2D eigenvalue weighted by molar-refractivity contribution is 5.00. The molecule has 0 saturated heterocycles. The van der Waals surface area contributed by atoms with Crippen molar-refractivity contribution in [2.75, 3.05) is 13.7 Å². The van der Waals surface area contributed by atoms with E-state index in [4.69, 9.17) is 4.74 Å². The van der Waals surface area contributed by atoms with Crippen LogP contribution in [0.5, 0.6) is 0 Å². The van der Waals surface area contributed by atoms with Crippen molar-refractivity contribution in [2.45, 2.75) is 31.7 Å². The van der Waals surface area contributed by atoms with Crippen LogP contribution in [0.2, 0.25) is 0 Å². The first-order valence-corrected chi connectivity index (χ1v) is 4.78. The van der Waals surface area contributed by atoms with Crippen LogP contribution in [0.25, 0.3) is 0 Å². The van der Waals surface area contributed by atoms with Crippen LogP contribution in [0.15, 0.2) is 6.33 Å². The van der Waals surface area contributed by atoms with Crippen LogP contribution in [0.1, 0.15) is 31.0 Å². The second-order valence-electron chi connectivity index (χ2n) is 3.50. The Hall–Kier alpha value is -0.900. The van der Waals surface area contributed by atoms with Crippen molar-refractivity contribution in [3.8, 4) is 0 Å². The molecule has 1 fully saturated rings. The number of rotatable bonds is 4. The minimum Gasteiger partial charge on any atom is -0.383 e. The summed E-state index contributed by atoms with van der Waals surface area (Å²) in [5, 5.41) is 8.08. The van der Waals surface area contributed by atoms with Crippen LogP contribution < -0.4 is 0 Å². The molecule has 1 aliphatic carbocycles. The van der Waals surface area contributed by atoms with E-state index in [1.165, 1.54) is 19.3 Å². The molecule has 1 saturated carbocycles. The Bertz CT molecular complexity index is 268. The number of methoxy groups -OCH3 is 1. The number of nitrogens with zero attached hydrogens (tertiary/aromatic N) is 3. The monoisotopic (exact) mass is 181 g/mol. The molecular formula is C9H15N3O. The SMILES string of the molecule is COCCn1cnnc1C1CCC1. The van der Waals surface area contributed by atoms with Gasteiger partial charge >= 0.3 is 0 Å². The molecule has 0 atom stereocenters. The van der Waals surface area contributed by atoms with Gasteiger partial charge in [0.05, 0.1) is 6.61 Å². The minimum absolute atomic E-state index is 0.652. The Kier molecular flexibility index (Phi) is 2.59. The van der Waals surface area contributed by atoms with Crippen LogP contribution in [-0.4, -0.2) is 28.5 Å². The lowest BCUT2D eigenvalue weighted by Gasteiger charge is -2.24. The summed E-state index contributed by atoms with van der Waals surface area (Å²) < 4.78 is 7.13. The Morgan fingerprint density at radius 3 is 3.08 bits per heavy atom. The van der Waals surface area contributed by atoms with E-state index in [2.05, 4.69) is 14.8 Å². The summed E-state index contributed by atoms with van der Waals surface area (Å²) >= 11 is 0. The lowest BCUT2D eigenvalue weighted by Crippen LogP contribution is -2.16. The molecule has 0 N–H and O–H groups in total. The van der Waals surface area contributed by atoms with Gasteiger partial charge in [-0.15, -0.1) is 10.2 Å². The van der Waals surface area contributed by atoms with E-state index in [1.807, 2.05) is 0 Å². The average Bonchev–Trinajstić information content (AvgIpc) is 2.46. The fourth-order valence-corrected chi connectivity index (χ4v) is 1.61. The maximum Gasteiger partial charge on any atom is 0.135 e. The number of hydrogen-bond donors (Lipinski definition) is 0. The molecule has 0 aromatic carbocycles. The summed E-state index contributed by atoms with van der Waals surface area (Å²) in [5.41, 5.74) is 0. The summed E-state index contributed by atoms with van der Waals surface area (Å²) in [7, 11) is 1.72. The third kappa shape index (κ3) is 1.72. The third-order valence-corrected chi connectivity index (χ3v) is 2.65. The van der Waals surface area contributed by atoms with Gasteiger partial charge in [-0.3, -0.25) is 0 Å². The largest absolute Gasteiger partial charge is 0.383 e. The standard InChI is InChI=1S/C9H15N3O/c1-13-6-5-12-7-10-11-9(12)8-3-2-4-8/h7-8H,2-6H2,1H3. The fraction of sp³-hybridized carbons (Fsp3) is 0.778. The summed E-state index contributed by atoms with van der Waals surface area (Å²) in [6.07, 6.45) is 5.67. The predicted molar refractivity (Wildman–Crippen MR) is 48.5 cm³/mol. The zero-order chi connectivity index (χ0) is 9.10. The zero-order valence-electron chi connectivity index (χ0n) is 7.94. The van der Waals surface area contributed by atoms with Crippen LogP contribution in [0.3, 0.4) is 0 Å². The lowest BCUT2D eigenvalue weighted by molar-refractivity contribution is 0.184. The van der Waals surface area contributed by atoms with Gasteiger partial charge in [0.25, 0.3) is 0 Å². The minimum atomic E-state index is 0.652. The molecule has 0 unspecified atom stereocenters. The van der Waals surface area contributed by atoms with Crippen LogP contribution in [-0.2, 0) is 11.3 Å². The molecule has 4 nitrogen and oxygen atoms in total. The smallest absolute Gasteiger partial charge is 0.135 e. The molecule has 0 aliphatic heterocycles. The molecule has 72 valence electrons. The van der Waals surface area contributed by atoms with E-state index < -0.39 is 0 Å². The Morgan fingerprint density at radius 2 is 2.46 bits per heavy atom. The van der Waals surface area contributed by atoms with Crippen molar-refractivity contribution >= 4 is 0 Å². The Morgan fingerprint density at radius 1 is 1.62 bits per heavy atom. The van der Waals surface area contributed by atoms with Gasteiger partial charge in [-0.1, -0.05) is 6.42 Å². The highest BCUT2D eigenvalue weighted by Gasteiger charge is 2.24. The Labute approximate surface area is 77.9 Å². The molecule has 2 rings (SSSR count). The van der Waals surface area contributed by atoms with E-state index in [0.29, 0.717) is 5.92 Å². The average molecular weight is 181 g/mol. The van der Waals surface area contributed by atoms with Gasteiger partial charge < -0.3 is 9.30 Å². The van der Waals surface area contributed by atoms with Crippen molar-refractivity contribution in [1.29, 1.82) is 0 Å². The highest BCUT2D eigenvalue weighted by Crippen LogP contribution is 2.34. The topological polar surface area (TPSA) is 39.9 Å². The molecular weight excluding hydrogens is 166 g/mol. The molecule has 0 radical (unpaired) electrons. The number of ether oxygens (including phenoxy) is 1. The van der Waals surface area contributed by atoms with Gasteiger partial charge in [-0.2, -0.15) is 0 Å². The molecule has 0 bridgehead atoms. The molecule has 1 aromatic heterocycles. The van der Waals surface area contributed by atoms with Crippen molar-refractivity contribution < 1.29 is 4.74 Å². The molecule has 4 heteroatoms. The van der Waals surface area contributed by atoms with Crippen LogP contribution in [0, 0.1) is 0 Å². The van der Waals surface area contributed by atoms with Gasteiger partial charge in [0.2, 0.25) is 0 Å². The van der Waals surface area contributed by atoms with Gasteiger partial charge in [-0.25, -0.2) is 0 Å². The molecule has 0 amide bonds. The zero-order valence-corrected chi connectivity index (χ0v) is 7.94. The molecule has 1 heterocycles.